The molecule has 0 radical (unpaired) electrons. The van der Waals surface area contributed by atoms with Gasteiger partial charge in [0, 0.05) is 13.6 Å². The Hall–Kier alpha value is -2.35. The van der Waals surface area contributed by atoms with E-state index in [1.165, 1.54) is 0 Å². The summed E-state index contributed by atoms with van der Waals surface area (Å²) in [6, 6.07) is 8.01. The van der Waals surface area contributed by atoms with Crippen molar-refractivity contribution in [2.24, 2.45) is 5.41 Å². The maximum atomic E-state index is 12.2. The highest BCUT2D eigenvalue weighted by Gasteiger charge is 2.51. The van der Waals surface area contributed by atoms with E-state index in [0.717, 1.165) is 16.6 Å². The largest absolute Gasteiger partial charge is 0.345 e. The van der Waals surface area contributed by atoms with Crippen molar-refractivity contribution in [3.05, 3.63) is 30.1 Å². The summed E-state index contributed by atoms with van der Waals surface area (Å²) in [5.74, 6) is -0.0697. The molecule has 0 aliphatic heterocycles. The topological polar surface area (TPSA) is 72.8 Å². The van der Waals surface area contributed by atoms with Gasteiger partial charge in [-0.1, -0.05) is 6.07 Å². The molecule has 1 N–H and O–H groups in total. The van der Waals surface area contributed by atoms with Crippen LogP contribution in [0.2, 0.25) is 0 Å². The van der Waals surface area contributed by atoms with Gasteiger partial charge in [0.05, 0.1) is 23.4 Å². The zero-order chi connectivity index (χ0) is 13.5. The molecule has 0 bridgehead atoms. The lowest BCUT2D eigenvalue weighted by atomic mass is 10.1. The molecule has 1 saturated carbocycles. The summed E-state index contributed by atoms with van der Waals surface area (Å²) in [4.78, 5) is 21.0. The Balaban J connectivity index is 1.77. The molecule has 96 valence electrons. The SMILES string of the molecule is CN(Cc1ccc2nc[nH]c2c1)C(=O)C1(C#N)CC1. The minimum absolute atomic E-state index is 0.0697. The number of nitrogens with zero attached hydrogens (tertiary/aromatic N) is 3. The van der Waals surface area contributed by atoms with Crippen LogP contribution < -0.4 is 0 Å². The Kier molecular flexibility index (Phi) is 2.53. The molecule has 1 aromatic carbocycles. The van der Waals surface area contributed by atoms with E-state index in [1.807, 2.05) is 18.2 Å². The van der Waals surface area contributed by atoms with Crippen molar-refractivity contribution in [3.63, 3.8) is 0 Å². The second-order valence-electron chi connectivity index (χ2n) is 5.11. The molecular weight excluding hydrogens is 240 g/mol. The third-order valence-corrected chi connectivity index (χ3v) is 3.62. The van der Waals surface area contributed by atoms with Gasteiger partial charge in [0.15, 0.2) is 0 Å². The predicted molar refractivity (Wildman–Crippen MR) is 69.8 cm³/mol. The van der Waals surface area contributed by atoms with E-state index in [9.17, 15) is 4.79 Å². The number of hydrogen-bond donors (Lipinski definition) is 1. The van der Waals surface area contributed by atoms with Crippen molar-refractivity contribution in [1.82, 2.24) is 14.9 Å². The minimum Gasteiger partial charge on any atom is -0.345 e. The van der Waals surface area contributed by atoms with Crippen LogP contribution in [0.5, 0.6) is 0 Å². The lowest BCUT2D eigenvalue weighted by Crippen LogP contribution is -2.32. The number of aromatic amines is 1. The van der Waals surface area contributed by atoms with Crippen LogP contribution in [0.15, 0.2) is 24.5 Å². The van der Waals surface area contributed by atoms with Gasteiger partial charge in [-0.2, -0.15) is 5.26 Å². The molecule has 0 spiro atoms. The molecule has 5 nitrogen and oxygen atoms in total. The molecule has 2 aromatic rings. The van der Waals surface area contributed by atoms with Gasteiger partial charge >= 0.3 is 0 Å². The van der Waals surface area contributed by atoms with E-state index in [0.29, 0.717) is 19.4 Å². The van der Waals surface area contributed by atoms with E-state index >= 15 is 0 Å². The molecule has 5 heteroatoms. The summed E-state index contributed by atoms with van der Waals surface area (Å²) in [5, 5.41) is 9.04. The number of aromatic nitrogens is 2. The number of amides is 1. The van der Waals surface area contributed by atoms with Crippen LogP contribution in [0, 0.1) is 16.7 Å². The number of fused-ring (bicyclic) bond motifs is 1. The van der Waals surface area contributed by atoms with Crippen LogP contribution in [0.25, 0.3) is 11.0 Å². The highest BCUT2D eigenvalue weighted by molar-refractivity contribution is 5.88. The zero-order valence-corrected chi connectivity index (χ0v) is 10.7. The smallest absolute Gasteiger partial charge is 0.243 e. The maximum Gasteiger partial charge on any atom is 0.243 e. The third kappa shape index (κ3) is 1.95. The maximum absolute atomic E-state index is 12.2. The fourth-order valence-corrected chi connectivity index (χ4v) is 2.29. The van der Waals surface area contributed by atoms with Crippen LogP contribution in [-0.4, -0.2) is 27.8 Å². The van der Waals surface area contributed by atoms with E-state index in [1.54, 1.807) is 18.3 Å². The molecule has 0 unspecified atom stereocenters. The first-order chi connectivity index (χ1) is 9.14. The molecule has 19 heavy (non-hydrogen) atoms. The lowest BCUT2D eigenvalue weighted by Gasteiger charge is -2.19. The molecule has 3 rings (SSSR count). The summed E-state index contributed by atoms with van der Waals surface area (Å²) in [6.45, 7) is 0.511. The Labute approximate surface area is 110 Å². The fraction of sp³-hybridized carbons (Fsp3) is 0.357. The molecule has 1 aliphatic rings. The first-order valence-electron chi connectivity index (χ1n) is 6.23. The molecule has 1 amide bonds. The third-order valence-electron chi connectivity index (χ3n) is 3.62. The minimum atomic E-state index is -0.743. The van der Waals surface area contributed by atoms with Crippen LogP contribution in [0.1, 0.15) is 18.4 Å². The number of benzene rings is 1. The normalized spacial score (nSPS) is 16.0. The number of nitrogens with one attached hydrogen (secondary N) is 1. The quantitative estimate of drug-likeness (QED) is 0.908. The molecule has 0 atom stereocenters. The molecular formula is C14H14N4O. The first-order valence-corrected chi connectivity index (χ1v) is 6.23. The summed E-state index contributed by atoms with van der Waals surface area (Å²) in [6.07, 6.45) is 3.02. The number of rotatable bonds is 3. The average Bonchev–Trinajstić information content (AvgIpc) is 3.09. The van der Waals surface area contributed by atoms with E-state index in [2.05, 4.69) is 16.0 Å². The monoisotopic (exact) mass is 254 g/mol. The first kappa shape index (κ1) is 11.7. The van der Waals surface area contributed by atoms with Gasteiger partial charge in [-0.3, -0.25) is 4.79 Å². The Morgan fingerprint density at radius 1 is 1.58 bits per heavy atom. The van der Waals surface area contributed by atoms with Crippen molar-refractivity contribution in [2.45, 2.75) is 19.4 Å². The molecule has 0 saturated heterocycles. The van der Waals surface area contributed by atoms with Crippen molar-refractivity contribution in [3.8, 4) is 6.07 Å². The van der Waals surface area contributed by atoms with Gasteiger partial charge in [0.2, 0.25) is 5.91 Å². The molecule has 1 aliphatic carbocycles. The van der Waals surface area contributed by atoms with E-state index in [-0.39, 0.29) is 5.91 Å². The summed E-state index contributed by atoms with van der Waals surface area (Å²) in [7, 11) is 1.75. The average molecular weight is 254 g/mol. The highest BCUT2D eigenvalue weighted by Crippen LogP contribution is 2.46. The van der Waals surface area contributed by atoms with Gasteiger partial charge < -0.3 is 9.88 Å². The lowest BCUT2D eigenvalue weighted by molar-refractivity contribution is -0.134. The van der Waals surface area contributed by atoms with Crippen molar-refractivity contribution < 1.29 is 4.79 Å². The zero-order valence-electron chi connectivity index (χ0n) is 10.7. The van der Waals surface area contributed by atoms with Crippen molar-refractivity contribution in [2.75, 3.05) is 7.05 Å². The second kappa shape index (κ2) is 4.09. The number of carbonyl (C=O) groups excluding carboxylic acids is 1. The second-order valence-corrected chi connectivity index (χ2v) is 5.11. The van der Waals surface area contributed by atoms with Gasteiger partial charge in [0.25, 0.3) is 0 Å². The fourth-order valence-electron chi connectivity index (χ4n) is 2.29. The Morgan fingerprint density at radius 3 is 3.05 bits per heavy atom. The number of hydrogen-bond acceptors (Lipinski definition) is 3. The number of imidazole rings is 1. The van der Waals surface area contributed by atoms with Gasteiger partial charge in [-0.15, -0.1) is 0 Å². The Bertz CT molecular complexity index is 678. The van der Waals surface area contributed by atoms with Crippen LogP contribution in [0.3, 0.4) is 0 Å². The summed E-state index contributed by atoms with van der Waals surface area (Å²) < 4.78 is 0. The number of H-pyrrole nitrogens is 1. The van der Waals surface area contributed by atoms with E-state index in [4.69, 9.17) is 5.26 Å². The predicted octanol–water partition coefficient (Wildman–Crippen LogP) is 1.83. The summed E-state index contributed by atoms with van der Waals surface area (Å²) >= 11 is 0. The molecule has 1 fully saturated rings. The van der Waals surface area contributed by atoms with Crippen molar-refractivity contribution >= 4 is 16.9 Å². The number of nitriles is 1. The molecule has 1 aromatic heterocycles. The van der Waals surface area contributed by atoms with Crippen LogP contribution in [0.4, 0.5) is 0 Å². The van der Waals surface area contributed by atoms with Gasteiger partial charge in [0.1, 0.15) is 5.41 Å². The Morgan fingerprint density at radius 2 is 2.37 bits per heavy atom. The highest BCUT2D eigenvalue weighted by atomic mass is 16.2. The number of carbonyl (C=O) groups is 1. The summed E-state index contributed by atoms with van der Waals surface area (Å²) in [5.41, 5.74) is 2.15. The molecule has 1 heterocycles. The van der Waals surface area contributed by atoms with Crippen LogP contribution >= 0.6 is 0 Å². The van der Waals surface area contributed by atoms with Gasteiger partial charge in [-0.05, 0) is 30.5 Å². The van der Waals surface area contributed by atoms with Crippen molar-refractivity contribution in [1.29, 1.82) is 5.26 Å². The van der Waals surface area contributed by atoms with E-state index < -0.39 is 5.41 Å². The van der Waals surface area contributed by atoms with Crippen LogP contribution in [-0.2, 0) is 11.3 Å². The van der Waals surface area contributed by atoms with Gasteiger partial charge in [-0.25, -0.2) is 4.98 Å². The standard InChI is InChI=1S/C14H14N4O/c1-18(13(19)14(8-15)4-5-14)7-10-2-3-11-12(6-10)17-9-16-11/h2-3,6,9H,4-5,7H2,1H3,(H,16,17).